The summed E-state index contributed by atoms with van der Waals surface area (Å²) in [7, 11) is 0.0833. The normalized spacial score (nSPS) is 20.6. The van der Waals surface area contributed by atoms with Crippen LogP contribution >= 0.6 is 23.2 Å². The Morgan fingerprint density at radius 2 is 2.32 bits per heavy atom. The van der Waals surface area contributed by atoms with E-state index in [1.54, 1.807) is 18.2 Å². The number of aromatic amines is 1. The maximum atomic E-state index is 12.3. The van der Waals surface area contributed by atoms with Gasteiger partial charge in [-0.15, -0.1) is 23.2 Å². The molecule has 2 unspecified atom stereocenters. The molecule has 22 heavy (non-hydrogen) atoms. The Morgan fingerprint density at radius 3 is 2.95 bits per heavy atom. The van der Waals surface area contributed by atoms with E-state index in [0.29, 0.717) is 28.1 Å². The third-order valence-electron chi connectivity index (χ3n) is 3.43. The summed E-state index contributed by atoms with van der Waals surface area (Å²) in [5.41, 5.74) is 1.33. The Labute approximate surface area is 139 Å². The van der Waals surface area contributed by atoms with Crippen LogP contribution in [0.25, 0.3) is 11.0 Å². The number of halogens is 2. The predicted octanol–water partition coefficient (Wildman–Crippen LogP) is 3.04. The van der Waals surface area contributed by atoms with Crippen molar-refractivity contribution in [2.75, 3.05) is 18.2 Å². The maximum absolute atomic E-state index is 12.3. The monoisotopic (exact) mass is 361 g/mol. The summed E-state index contributed by atoms with van der Waals surface area (Å²) in [4.78, 5) is 18.9. The number of fused-ring (bicyclic) bond motifs is 1. The van der Waals surface area contributed by atoms with Gasteiger partial charge in [-0.2, -0.15) is 0 Å². The van der Waals surface area contributed by atoms with Crippen LogP contribution in [0.3, 0.4) is 0 Å². The number of ether oxygens (including phenoxy) is 1. The number of nitrogens with zero attached hydrogens (tertiary/aromatic N) is 1. The van der Waals surface area contributed by atoms with E-state index in [0.717, 1.165) is 0 Å². The Kier molecular flexibility index (Phi) is 4.05. The van der Waals surface area contributed by atoms with E-state index < -0.39 is 21.2 Å². The van der Waals surface area contributed by atoms with Gasteiger partial charge in [0.2, 0.25) is 5.95 Å². The molecular weight excluding hydrogens is 349 g/mol. The molecule has 0 aliphatic heterocycles. The highest BCUT2D eigenvalue weighted by Gasteiger charge is 2.52. The Hall–Kier alpha value is -1.31. The highest BCUT2D eigenvalue weighted by Crippen LogP contribution is 2.53. The van der Waals surface area contributed by atoms with Crippen molar-refractivity contribution in [3.8, 4) is 0 Å². The average Bonchev–Trinajstić information content (AvgIpc) is 2.89. The van der Waals surface area contributed by atoms with E-state index >= 15 is 0 Å². The van der Waals surface area contributed by atoms with Crippen LogP contribution in [0.5, 0.6) is 0 Å². The maximum Gasteiger partial charge on any atom is 0.413 e. The van der Waals surface area contributed by atoms with Crippen LogP contribution < -0.4 is 5.32 Å². The van der Waals surface area contributed by atoms with Crippen molar-refractivity contribution in [3.05, 3.63) is 18.2 Å². The van der Waals surface area contributed by atoms with E-state index in [-0.39, 0.29) is 11.9 Å². The number of H-pyrrole nitrogens is 1. The van der Waals surface area contributed by atoms with Crippen molar-refractivity contribution in [2.24, 2.45) is 5.92 Å². The van der Waals surface area contributed by atoms with Crippen LogP contribution in [0, 0.1) is 5.92 Å². The summed E-state index contributed by atoms with van der Waals surface area (Å²) in [6, 6.07) is 5.23. The molecule has 1 aromatic carbocycles. The minimum absolute atomic E-state index is 0.0608. The van der Waals surface area contributed by atoms with Crippen molar-refractivity contribution >= 4 is 57.1 Å². The van der Waals surface area contributed by atoms with E-state index in [2.05, 4.69) is 20.0 Å². The third kappa shape index (κ3) is 3.21. The lowest BCUT2D eigenvalue weighted by molar-refractivity contribution is 0.186. The first-order chi connectivity index (χ1) is 10.4. The molecule has 0 spiro atoms. The number of imidazole rings is 1. The zero-order chi connectivity index (χ0) is 15.9. The molecule has 1 aliphatic rings. The second-order valence-electron chi connectivity index (χ2n) is 5.06. The molecule has 0 radical (unpaired) electrons. The molecule has 9 heteroatoms. The van der Waals surface area contributed by atoms with Crippen molar-refractivity contribution in [1.82, 2.24) is 9.97 Å². The second kappa shape index (κ2) is 5.72. The number of nitrogens with one attached hydrogen (secondary N) is 2. The van der Waals surface area contributed by atoms with Gasteiger partial charge in [0, 0.05) is 16.6 Å². The fourth-order valence-electron chi connectivity index (χ4n) is 2.07. The molecule has 1 fully saturated rings. The van der Waals surface area contributed by atoms with Gasteiger partial charge in [0.15, 0.2) is 0 Å². The number of methoxy groups -OCH3 is 1. The SMILES string of the molecule is COC(=O)Nc1nc2ccc(S(=O)CC3CC3(Cl)Cl)cc2[nH]1. The van der Waals surface area contributed by atoms with Gasteiger partial charge in [-0.05, 0) is 24.6 Å². The number of carbonyl (C=O) groups excluding carboxylic acids is 1. The summed E-state index contributed by atoms with van der Waals surface area (Å²) in [5, 5.41) is 2.44. The zero-order valence-electron chi connectivity index (χ0n) is 11.6. The van der Waals surface area contributed by atoms with Gasteiger partial charge in [0.1, 0.15) is 4.33 Å². The van der Waals surface area contributed by atoms with E-state index in [4.69, 9.17) is 23.2 Å². The third-order valence-corrected chi connectivity index (χ3v) is 5.84. The standard InChI is InChI=1S/C13H13Cl2N3O3S/c1-21-12(19)18-11-16-9-3-2-8(4-10(9)17-11)22(20)6-7-5-13(7,14)15/h2-4,7H,5-6H2,1H3,(H2,16,17,18,19). The van der Waals surface area contributed by atoms with Crippen LogP contribution in [0.4, 0.5) is 10.7 Å². The summed E-state index contributed by atoms with van der Waals surface area (Å²) < 4.78 is 16.1. The summed E-state index contributed by atoms with van der Waals surface area (Å²) in [6.07, 6.45) is 0.0543. The van der Waals surface area contributed by atoms with Crippen LogP contribution in [-0.4, -0.2) is 37.5 Å². The quantitative estimate of drug-likeness (QED) is 0.819. The number of hydrogen-bond donors (Lipinski definition) is 2. The number of aromatic nitrogens is 2. The van der Waals surface area contributed by atoms with Gasteiger partial charge in [0.05, 0.1) is 28.9 Å². The molecule has 0 bridgehead atoms. The summed E-state index contributed by atoms with van der Waals surface area (Å²) in [6.45, 7) is 0. The summed E-state index contributed by atoms with van der Waals surface area (Å²) in [5.74, 6) is 0.762. The number of hydrogen-bond acceptors (Lipinski definition) is 4. The van der Waals surface area contributed by atoms with Crippen molar-refractivity contribution < 1.29 is 13.7 Å². The van der Waals surface area contributed by atoms with E-state index in [1.807, 2.05) is 0 Å². The largest absolute Gasteiger partial charge is 0.453 e. The number of anilines is 1. The van der Waals surface area contributed by atoms with Crippen molar-refractivity contribution in [1.29, 1.82) is 0 Å². The lowest BCUT2D eigenvalue weighted by atomic mass is 10.3. The number of rotatable bonds is 4. The molecule has 1 aliphatic carbocycles. The van der Waals surface area contributed by atoms with Crippen molar-refractivity contribution in [2.45, 2.75) is 15.6 Å². The second-order valence-corrected chi connectivity index (χ2v) is 8.09. The molecule has 2 aromatic rings. The van der Waals surface area contributed by atoms with E-state index in [1.165, 1.54) is 7.11 Å². The number of alkyl halides is 2. The molecule has 1 heterocycles. The lowest BCUT2D eigenvalue weighted by Gasteiger charge is -2.02. The Bertz CT molecular complexity index is 762. The van der Waals surface area contributed by atoms with Gasteiger partial charge in [-0.1, -0.05) is 0 Å². The molecule has 6 nitrogen and oxygen atoms in total. The molecule has 3 rings (SSSR count). The first-order valence-electron chi connectivity index (χ1n) is 6.50. The minimum Gasteiger partial charge on any atom is -0.453 e. The Morgan fingerprint density at radius 1 is 1.59 bits per heavy atom. The minimum atomic E-state index is -1.19. The topological polar surface area (TPSA) is 84.1 Å². The Balaban J connectivity index is 1.77. The summed E-state index contributed by atoms with van der Waals surface area (Å²) >= 11 is 11.9. The first kappa shape index (κ1) is 15.6. The van der Waals surface area contributed by atoms with E-state index in [9.17, 15) is 9.00 Å². The van der Waals surface area contributed by atoms with Gasteiger partial charge in [0.25, 0.3) is 0 Å². The molecule has 1 saturated carbocycles. The zero-order valence-corrected chi connectivity index (χ0v) is 13.9. The lowest BCUT2D eigenvalue weighted by Crippen LogP contribution is -2.11. The molecule has 0 saturated heterocycles. The molecular formula is C13H13Cl2N3O3S. The van der Waals surface area contributed by atoms with Gasteiger partial charge < -0.3 is 9.72 Å². The highest BCUT2D eigenvalue weighted by molar-refractivity contribution is 7.85. The molecule has 1 amide bonds. The van der Waals surface area contributed by atoms with Crippen molar-refractivity contribution in [3.63, 3.8) is 0 Å². The number of amides is 1. The average molecular weight is 362 g/mol. The van der Waals surface area contributed by atoms with Crippen LogP contribution in [-0.2, 0) is 15.5 Å². The van der Waals surface area contributed by atoms with Crippen LogP contribution in [0.2, 0.25) is 0 Å². The van der Waals surface area contributed by atoms with Gasteiger partial charge in [-0.3, -0.25) is 9.53 Å². The van der Waals surface area contributed by atoms with Gasteiger partial charge >= 0.3 is 6.09 Å². The molecule has 2 atom stereocenters. The van der Waals surface area contributed by atoms with Crippen LogP contribution in [0.15, 0.2) is 23.1 Å². The van der Waals surface area contributed by atoms with Crippen LogP contribution in [0.1, 0.15) is 6.42 Å². The fraction of sp³-hybridized carbons (Fsp3) is 0.385. The first-order valence-corrected chi connectivity index (χ1v) is 8.57. The molecule has 118 valence electrons. The molecule has 1 aromatic heterocycles. The number of carbonyl (C=O) groups is 1. The highest BCUT2D eigenvalue weighted by atomic mass is 35.5. The smallest absolute Gasteiger partial charge is 0.413 e. The molecule has 2 N–H and O–H groups in total. The fourth-order valence-corrected chi connectivity index (χ4v) is 4.21. The number of benzene rings is 1. The predicted molar refractivity (Wildman–Crippen MR) is 85.9 cm³/mol. The van der Waals surface area contributed by atoms with Gasteiger partial charge in [-0.25, -0.2) is 9.78 Å².